The maximum atomic E-state index is 11.5. The molecule has 0 saturated carbocycles. The van der Waals surface area contributed by atoms with Crippen LogP contribution in [0.2, 0.25) is 5.02 Å². The Balaban J connectivity index is 2.45. The number of hydrogen-bond acceptors (Lipinski definition) is 4. The molecule has 1 aliphatic heterocycles. The highest BCUT2D eigenvalue weighted by molar-refractivity contribution is 6.40. The van der Waals surface area contributed by atoms with Crippen molar-refractivity contribution in [2.75, 3.05) is 0 Å². The standard InChI is InChI=1S/C12H9ClO4/c1-6(14)9-10(15)12(16)17-11(9)7-4-2-3-5-8(7)13/h2-5,9,11H,1H3. The second kappa shape index (κ2) is 4.30. The van der Waals surface area contributed by atoms with E-state index in [2.05, 4.69) is 0 Å². The van der Waals surface area contributed by atoms with E-state index in [1.54, 1.807) is 24.3 Å². The summed E-state index contributed by atoms with van der Waals surface area (Å²) in [5, 5.41) is 0.367. The molecule has 1 aromatic carbocycles. The van der Waals surface area contributed by atoms with Crippen LogP contribution in [0.5, 0.6) is 0 Å². The molecule has 2 rings (SSSR count). The van der Waals surface area contributed by atoms with Crippen LogP contribution in [0.3, 0.4) is 0 Å². The van der Waals surface area contributed by atoms with Crippen molar-refractivity contribution in [3.8, 4) is 0 Å². The van der Waals surface area contributed by atoms with E-state index in [4.69, 9.17) is 16.3 Å². The number of ketones is 2. The smallest absolute Gasteiger partial charge is 0.376 e. The molecule has 17 heavy (non-hydrogen) atoms. The third kappa shape index (κ3) is 1.96. The van der Waals surface area contributed by atoms with Crippen LogP contribution in [-0.4, -0.2) is 17.5 Å². The number of carbonyl (C=O) groups excluding carboxylic acids is 3. The molecule has 2 atom stereocenters. The van der Waals surface area contributed by atoms with Crippen molar-refractivity contribution in [2.45, 2.75) is 13.0 Å². The molecule has 0 aliphatic carbocycles. The van der Waals surface area contributed by atoms with Gasteiger partial charge in [0.15, 0.2) is 0 Å². The third-order valence-electron chi connectivity index (χ3n) is 2.67. The monoisotopic (exact) mass is 252 g/mol. The molecule has 1 aromatic rings. The molecule has 0 spiro atoms. The Morgan fingerprint density at radius 2 is 1.94 bits per heavy atom. The second-order valence-electron chi connectivity index (χ2n) is 3.80. The quantitative estimate of drug-likeness (QED) is 0.457. The average molecular weight is 253 g/mol. The lowest BCUT2D eigenvalue weighted by Gasteiger charge is -2.15. The van der Waals surface area contributed by atoms with Crippen molar-refractivity contribution in [3.05, 3.63) is 34.9 Å². The summed E-state index contributed by atoms with van der Waals surface area (Å²) in [4.78, 5) is 34.1. The molecule has 0 bridgehead atoms. The van der Waals surface area contributed by atoms with Gasteiger partial charge in [-0.2, -0.15) is 0 Å². The van der Waals surface area contributed by atoms with Crippen molar-refractivity contribution in [2.24, 2.45) is 5.92 Å². The summed E-state index contributed by atoms with van der Waals surface area (Å²) in [7, 11) is 0. The van der Waals surface area contributed by atoms with Crippen LogP contribution in [0.15, 0.2) is 24.3 Å². The zero-order valence-electron chi connectivity index (χ0n) is 8.98. The van der Waals surface area contributed by atoms with Crippen LogP contribution in [0.4, 0.5) is 0 Å². The zero-order chi connectivity index (χ0) is 12.6. The number of halogens is 1. The average Bonchev–Trinajstić information content (AvgIpc) is 2.56. The first-order valence-corrected chi connectivity index (χ1v) is 5.40. The topological polar surface area (TPSA) is 60.4 Å². The van der Waals surface area contributed by atoms with Crippen molar-refractivity contribution in [3.63, 3.8) is 0 Å². The summed E-state index contributed by atoms with van der Waals surface area (Å²) >= 11 is 5.96. The van der Waals surface area contributed by atoms with E-state index in [1.807, 2.05) is 0 Å². The molecule has 4 nitrogen and oxygen atoms in total. The van der Waals surface area contributed by atoms with E-state index < -0.39 is 29.6 Å². The third-order valence-corrected chi connectivity index (χ3v) is 3.01. The predicted molar refractivity (Wildman–Crippen MR) is 59.5 cm³/mol. The fraction of sp³-hybridized carbons (Fsp3) is 0.250. The van der Waals surface area contributed by atoms with Crippen LogP contribution < -0.4 is 0 Å². The van der Waals surface area contributed by atoms with E-state index >= 15 is 0 Å². The molecule has 5 heteroatoms. The van der Waals surface area contributed by atoms with Crippen LogP contribution in [0.25, 0.3) is 0 Å². The minimum Gasteiger partial charge on any atom is -0.450 e. The van der Waals surface area contributed by atoms with Gasteiger partial charge in [-0.05, 0) is 13.0 Å². The summed E-state index contributed by atoms with van der Waals surface area (Å²) in [6.07, 6.45) is -0.902. The van der Waals surface area contributed by atoms with Gasteiger partial charge in [0, 0.05) is 10.6 Å². The highest BCUT2D eigenvalue weighted by Crippen LogP contribution is 2.37. The summed E-state index contributed by atoms with van der Waals surface area (Å²) < 4.78 is 4.92. The highest BCUT2D eigenvalue weighted by atomic mass is 35.5. The lowest BCUT2D eigenvalue weighted by Crippen LogP contribution is -2.23. The zero-order valence-corrected chi connectivity index (χ0v) is 9.73. The van der Waals surface area contributed by atoms with Crippen molar-refractivity contribution < 1.29 is 19.1 Å². The molecular weight excluding hydrogens is 244 g/mol. The number of rotatable bonds is 2. The lowest BCUT2D eigenvalue weighted by molar-refractivity contribution is -0.149. The lowest BCUT2D eigenvalue weighted by atomic mass is 9.91. The van der Waals surface area contributed by atoms with Gasteiger partial charge >= 0.3 is 5.97 Å². The van der Waals surface area contributed by atoms with Gasteiger partial charge in [-0.15, -0.1) is 0 Å². The molecule has 1 heterocycles. The number of esters is 1. The van der Waals surface area contributed by atoms with Crippen molar-refractivity contribution in [1.29, 1.82) is 0 Å². The number of cyclic esters (lactones) is 1. The van der Waals surface area contributed by atoms with Crippen molar-refractivity contribution in [1.82, 2.24) is 0 Å². The van der Waals surface area contributed by atoms with Gasteiger partial charge in [-0.3, -0.25) is 9.59 Å². The number of benzene rings is 1. The number of carbonyl (C=O) groups is 3. The summed E-state index contributed by atoms with van der Waals surface area (Å²) in [6, 6.07) is 6.67. The van der Waals surface area contributed by atoms with Crippen LogP contribution in [0.1, 0.15) is 18.6 Å². The maximum Gasteiger partial charge on any atom is 0.376 e. The molecule has 88 valence electrons. The van der Waals surface area contributed by atoms with E-state index in [9.17, 15) is 14.4 Å². The summed E-state index contributed by atoms with van der Waals surface area (Å²) in [5.41, 5.74) is 0.480. The summed E-state index contributed by atoms with van der Waals surface area (Å²) in [5.74, 6) is -3.26. The van der Waals surface area contributed by atoms with E-state index in [1.165, 1.54) is 6.92 Å². The fourth-order valence-corrected chi connectivity index (χ4v) is 2.10. The molecule has 0 radical (unpaired) electrons. The number of ether oxygens (including phenoxy) is 1. The second-order valence-corrected chi connectivity index (χ2v) is 4.21. The Bertz CT molecular complexity index is 509. The van der Waals surface area contributed by atoms with Crippen LogP contribution in [0, 0.1) is 5.92 Å². The van der Waals surface area contributed by atoms with Crippen molar-refractivity contribution >= 4 is 29.1 Å². The molecule has 0 N–H and O–H groups in total. The Kier molecular flexibility index (Phi) is 2.98. The van der Waals surface area contributed by atoms with Gasteiger partial charge in [-0.1, -0.05) is 29.8 Å². The normalized spacial score (nSPS) is 23.6. The Hall–Kier alpha value is -1.68. The fourth-order valence-electron chi connectivity index (χ4n) is 1.85. The first-order valence-electron chi connectivity index (χ1n) is 5.02. The van der Waals surface area contributed by atoms with Gasteiger partial charge in [0.05, 0.1) is 0 Å². The van der Waals surface area contributed by atoms with Gasteiger partial charge in [-0.25, -0.2) is 4.79 Å². The maximum absolute atomic E-state index is 11.5. The summed E-state index contributed by atoms with van der Waals surface area (Å²) in [6.45, 7) is 1.26. The molecule has 2 unspecified atom stereocenters. The van der Waals surface area contributed by atoms with Gasteiger partial charge in [0.25, 0.3) is 5.78 Å². The SMILES string of the molecule is CC(=O)C1C(=O)C(=O)OC1c1ccccc1Cl. The largest absolute Gasteiger partial charge is 0.450 e. The molecule has 0 aromatic heterocycles. The minimum atomic E-state index is -1.08. The van der Waals surface area contributed by atoms with Gasteiger partial charge in [0.2, 0.25) is 0 Å². The number of Topliss-reactive ketones (excluding diaryl/α,β-unsaturated/α-hetero) is 2. The highest BCUT2D eigenvalue weighted by Gasteiger charge is 2.47. The Morgan fingerprint density at radius 1 is 1.29 bits per heavy atom. The van der Waals surface area contributed by atoms with Crippen LogP contribution in [-0.2, 0) is 19.1 Å². The molecule has 1 saturated heterocycles. The van der Waals surface area contributed by atoms with Crippen LogP contribution >= 0.6 is 11.6 Å². The molecule has 1 aliphatic rings. The molecule has 1 fully saturated rings. The first kappa shape index (κ1) is 11.8. The molecule has 0 amide bonds. The predicted octanol–water partition coefficient (Wildman–Crippen LogP) is 1.71. The van der Waals surface area contributed by atoms with E-state index in [0.29, 0.717) is 10.6 Å². The molecular formula is C12H9ClO4. The van der Waals surface area contributed by atoms with Gasteiger partial charge < -0.3 is 4.74 Å². The first-order chi connectivity index (χ1) is 8.02. The Labute approximate surface area is 103 Å². The number of hydrogen-bond donors (Lipinski definition) is 0. The Morgan fingerprint density at radius 3 is 2.53 bits per heavy atom. The minimum absolute atomic E-state index is 0.367. The van der Waals surface area contributed by atoms with E-state index in [-0.39, 0.29) is 0 Å². The van der Waals surface area contributed by atoms with Gasteiger partial charge in [0.1, 0.15) is 17.8 Å². The van der Waals surface area contributed by atoms with E-state index in [0.717, 1.165) is 0 Å².